The van der Waals surface area contributed by atoms with E-state index in [-0.39, 0.29) is 42.2 Å². The minimum atomic E-state index is -0.404. The van der Waals surface area contributed by atoms with Crippen molar-refractivity contribution in [3.63, 3.8) is 0 Å². The van der Waals surface area contributed by atoms with E-state index in [2.05, 4.69) is 25.7 Å². The zero-order chi connectivity index (χ0) is 19.9. The summed E-state index contributed by atoms with van der Waals surface area (Å²) in [6.45, 7) is 3.93. The number of ether oxygens (including phenoxy) is 1. The minimum Gasteiger partial charge on any atom is -0.392 e. The number of aliphatic hydroxyl groups is 1. The lowest BCUT2D eigenvalue weighted by Gasteiger charge is -2.25. The molecule has 1 aliphatic heterocycles. The Hall–Kier alpha value is -1.79. The van der Waals surface area contributed by atoms with Gasteiger partial charge < -0.3 is 20.5 Å². The Bertz CT molecular complexity index is 829. The van der Waals surface area contributed by atoms with E-state index in [1.165, 1.54) is 6.07 Å². The van der Waals surface area contributed by atoms with Crippen LogP contribution in [0.15, 0.2) is 23.2 Å². The predicted molar refractivity (Wildman–Crippen MR) is 119 cm³/mol. The van der Waals surface area contributed by atoms with Gasteiger partial charge in [0.15, 0.2) is 11.8 Å². The van der Waals surface area contributed by atoms with Crippen molar-refractivity contribution in [1.82, 2.24) is 25.4 Å². The van der Waals surface area contributed by atoms with E-state index in [9.17, 15) is 9.50 Å². The topological polar surface area (TPSA) is 96.6 Å². The lowest BCUT2D eigenvalue weighted by Crippen LogP contribution is -2.47. The van der Waals surface area contributed by atoms with Crippen molar-refractivity contribution in [3.8, 4) is 0 Å². The summed E-state index contributed by atoms with van der Waals surface area (Å²) in [4.78, 5) is 9.09. The molecular weight excluding hydrogens is 490 g/mol. The van der Waals surface area contributed by atoms with Gasteiger partial charge in [0.1, 0.15) is 18.2 Å². The smallest absolute Gasteiger partial charge is 0.191 e. The lowest BCUT2D eigenvalue weighted by molar-refractivity contribution is 0.177. The molecular formula is C19H28FIN6O2. The van der Waals surface area contributed by atoms with Crippen molar-refractivity contribution < 1.29 is 14.2 Å². The van der Waals surface area contributed by atoms with Crippen molar-refractivity contribution in [1.29, 1.82) is 0 Å². The third-order valence-corrected chi connectivity index (χ3v) is 4.56. The van der Waals surface area contributed by atoms with Crippen molar-refractivity contribution in [2.45, 2.75) is 52.1 Å². The fraction of sp³-hybridized carbons (Fsp3) is 0.526. The Morgan fingerprint density at radius 1 is 1.45 bits per heavy atom. The quantitative estimate of drug-likeness (QED) is 0.294. The third-order valence-electron chi connectivity index (χ3n) is 4.56. The van der Waals surface area contributed by atoms with Gasteiger partial charge in [-0.3, -0.25) is 0 Å². The van der Waals surface area contributed by atoms with Crippen LogP contribution in [0.25, 0.3) is 0 Å². The number of aryl methyl sites for hydroxylation is 1. The van der Waals surface area contributed by atoms with Crippen LogP contribution in [-0.2, 0) is 37.5 Å². The Kier molecular flexibility index (Phi) is 9.24. The van der Waals surface area contributed by atoms with Crippen LogP contribution in [0.4, 0.5) is 4.39 Å². The van der Waals surface area contributed by atoms with Gasteiger partial charge in [0.2, 0.25) is 0 Å². The van der Waals surface area contributed by atoms with E-state index < -0.39 is 5.82 Å². The molecule has 2 aromatic rings. The zero-order valence-corrected chi connectivity index (χ0v) is 19.0. The average Bonchev–Trinajstić information content (AvgIpc) is 3.09. The standard InChI is InChI=1S/C19H27FN6O2.HI/c1-3-21-19(22-9-13-4-6-16(20)14(8-13)11-27)23-15-5-7-18-24-17(12-28-2)25-26(18)10-15;/h4,6,8,15,27H,3,5,7,9-12H2,1-2H3,(H2,21,22,23);1H. The summed E-state index contributed by atoms with van der Waals surface area (Å²) in [5, 5.41) is 20.4. The highest BCUT2D eigenvalue weighted by Gasteiger charge is 2.22. The second-order valence-corrected chi connectivity index (χ2v) is 6.72. The van der Waals surface area contributed by atoms with Crippen LogP contribution in [0.2, 0.25) is 0 Å². The first kappa shape index (κ1) is 23.5. The van der Waals surface area contributed by atoms with Crippen molar-refractivity contribution >= 4 is 29.9 Å². The van der Waals surface area contributed by atoms with E-state index in [1.807, 2.05) is 11.6 Å². The maximum atomic E-state index is 13.5. The van der Waals surface area contributed by atoms with Gasteiger partial charge in [-0.15, -0.1) is 24.0 Å². The molecule has 0 aliphatic carbocycles. The Balaban J connectivity index is 0.00000300. The van der Waals surface area contributed by atoms with Crippen LogP contribution in [-0.4, -0.2) is 45.5 Å². The van der Waals surface area contributed by atoms with Crippen LogP contribution < -0.4 is 10.6 Å². The normalized spacial score (nSPS) is 16.1. The molecule has 1 aromatic heterocycles. The predicted octanol–water partition coefficient (Wildman–Crippen LogP) is 1.74. The number of aliphatic hydroxyl groups excluding tert-OH is 1. The van der Waals surface area contributed by atoms with Gasteiger partial charge >= 0.3 is 0 Å². The molecule has 1 atom stereocenters. The number of aromatic nitrogens is 3. The van der Waals surface area contributed by atoms with Crippen LogP contribution >= 0.6 is 24.0 Å². The molecule has 3 rings (SSSR count). The largest absolute Gasteiger partial charge is 0.392 e. The summed E-state index contributed by atoms with van der Waals surface area (Å²) in [5.41, 5.74) is 1.12. The highest BCUT2D eigenvalue weighted by Crippen LogP contribution is 2.14. The summed E-state index contributed by atoms with van der Waals surface area (Å²) in [6, 6.07) is 4.87. The lowest BCUT2D eigenvalue weighted by atomic mass is 10.1. The first-order valence-corrected chi connectivity index (χ1v) is 9.47. The van der Waals surface area contributed by atoms with Crippen LogP contribution in [0.3, 0.4) is 0 Å². The number of nitrogens with one attached hydrogen (secondary N) is 2. The molecule has 0 saturated heterocycles. The molecule has 0 radical (unpaired) electrons. The van der Waals surface area contributed by atoms with Crippen molar-refractivity contribution in [3.05, 3.63) is 46.8 Å². The molecule has 29 heavy (non-hydrogen) atoms. The number of guanidine groups is 1. The number of hydrogen-bond donors (Lipinski definition) is 3. The summed E-state index contributed by atoms with van der Waals surface area (Å²) in [5.74, 6) is 1.98. The second-order valence-electron chi connectivity index (χ2n) is 6.72. The number of methoxy groups -OCH3 is 1. The van der Waals surface area contributed by atoms with Crippen LogP contribution in [0.1, 0.15) is 36.1 Å². The molecule has 0 saturated carbocycles. The number of benzene rings is 1. The first-order chi connectivity index (χ1) is 13.6. The monoisotopic (exact) mass is 518 g/mol. The van der Waals surface area contributed by atoms with E-state index in [1.54, 1.807) is 19.2 Å². The van der Waals surface area contributed by atoms with Crippen molar-refractivity contribution in [2.24, 2.45) is 4.99 Å². The molecule has 0 amide bonds. The van der Waals surface area contributed by atoms with Gasteiger partial charge in [-0.25, -0.2) is 19.0 Å². The first-order valence-electron chi connectivity index (χ1n) is 9.47. The number of hydrogen-bond acceptors (Lipinski definition) is 5. The molecule has 1 unspecified atom stereocenters. The number of aliphatic imine (C=N–C) groups is 1. The summed E-state index contributed by atoms with van der Waals surface area (Å²) >= 11 is 0. The fourth-order valence-corrected chi connectivity index (χ4v) is 3.20. The average molecular weight is 518 g/mol. The zero-order valence-electron chi connectivity index (χ0n) is 16.7. The SMILES string of the molecule is CCNC(=NCc1ccc(F)c(CO)c1)NC1CCc2nc(COC)nn2C1.I. The molecule has 8 nitrogen and oxygen atoms in total. The number of halogens is 2. The van der Waals surface area contributed by atoms with Crippen molar-refractivity contribution in [2.75, 3.05) is 13.7 Å². The van der Waals surface area contributed by atoms with Crippen LogP contribution in [0.5, 0.6) is 0 Å². The summed E-state index contributed by atoms with van der Waals surface area (Å²) in [7, 11) is 1.63. The maximum Gasteiger partial charge on any atom is 0.191 e. The Labute approximate surface area is 187 Å². The molecule has 0 spiro atoms. The van der Waals surface area contributed by atoms with E-state index in [0.29, 0.717) is 31.5 Å². The molecule has 3 N–H and O–H groups in total. The summed E-state index contributed by atoms with van der Waals surface area (Å²) in [6.07, 6.45) is 1.77. The fourth-order valence-electron chi connectivity index (χ4n) is 3.20. The molecule has 0 fully saturated rings. The van der Waals surface area contributed by atoms with E-state index >= 15 is 0 Å². The van der Waals surface area contributed by atoms with Gasteiger partial charge in [-0.05, 0) is 31.0 Å². The number of rotatable bonds is 7. The third kappa shape index (κ3) is 6.34. The van der Waals surface area contributed by atoms with Crippen LogP contribution in [0, 0.1) is 5.82 Å². The highest BCUT2D eigenvalue weighted by molar-refractivity contribution is 14.0. The minimum absolute atomic E-state index is 0. The number of fused-ring (bicyclic) bond motifs is 1. The van der Waals surface area contributed by atoms with Gasteiger partial charge in [0.25, 0.3) is 0 Å². The van der Waals surface area contributed by atoms with Gasteiger partial charge in [-0.1, -0.05) is 6.07 Å². The molecule has 1 aromatic carbocycles. The Morgan fingerprint density at radius 2 is 2.28 bits per heavy atom. The highest BCUT2D eigenvalue weighted by atomic mass is 127. The summed E-state index contributed by atoms with van der Waals surface area (Å²) < 4.78 is 20.6. The maximum absolute atomic E-state index is 13.5. The van der Waals surface area contributed by atoms with E-state index in [4.69, 9.17) is 4.74 Å². The van der Waals surface area contributed by atoms with Gasteiger partial charge in [0.05, 0.1) is 19.7 Å². The van der Waals surface area contributed by atoms with E-state index in [0.717, 1.165) is 30.8 Å². The molecule has 10 heteroatoms. The number of nitrogens with zero attached hydrogens (tertiary/aromatic N) is 4. The van der Waals surface area contributed by atoms with Gasteiger partial charge in [-0.2, -0.15) is 5.10 Å². The van der Waals surface area contributed by atoms with Gasteiger partial charge in [0, 0.05) is 31.7 Å². The molecule has 0 bridgehead atoms. The molecule has 160 valence electrons. The second kappa shape index (κ2) is 11.4. The molecule has 1 aliphatic rings. The Morgan fingerprint density at radius 3 is 3.00 bits per heavy atom. The molecule has 2 heterocycles.